The van der Waals surface area contributed by atoms with Crippen LogP contribution in [0.15, 0.2) is 0 Å². The zero-order chi connectivity index (χ0) is 7.72. The molecule has 0 atom stereocenters. The highest BCUT2D eigenvalue weighted by molar-refractivity contribution is 7.18. The molecule has 0 aliphatic carbocycles. The predicted octanol–water partition coefficient (Wildman–Crippen LogP) is 2.83. The van der Waals surface area contributed by atoms with E-state index < -0.39 is 0 Å². The van der Waals surface area contributed by atoms with Crippen LogP contribution in [-0.2, 0) is 0 Å². The maximum Gasteiger partial charge on any atom is 0.160 e. The molecule has 3 heteroatoms. The lowest BCUT2D eigenvalue weighted by Crippen LogP contribution is -1.77. The Hall–Kier alpha value is -0.340. The average molecular weight is 175 g/mol. The maximum absolute atomic E-state index is 10.3. The first kappa shape index (κ1) is 7.76. The summed E-state index contributed by atoms with van der Waals surface area (Å²) in [7, 11) is 0. The Balaban J connectivity index is 3.30. The van der Waals surface area contributed by atoms with Crippen molar-refractivity contribution in [2.45, 2.75) is 13.8 Å². The van der Waals surface area contributed by atoms with E-state index in [0.717, 1.165) is 26.6 Å². The van der Waals surface area contributed by atoms with Crippen molar-refractivity contribution in [1.82, 2.24) is 0 Å². The van der Waals surface area contributed by atoms with E-state index >= 15 is 0 Å². The summed E-state index contributed by atoms with van der Waals surface area (Å²) in [6, 6.07) is 0. The number of halogens is 1. The number of rotatable bonds is 1. The second-order valence-electron chi connectivity index (χ2n) is 2.11. The van der Waals surface area contributed by atoms with Gasteiger partial charge in [0, 0.05) is 0 Å². The van der Waals surface area contributed by atoms with Gasteiger partial charge in [-0.25, -0.2) is 0 Å². The summed E-state index contributed by atoms with van der Waals surface area (Å²) >= 11 is 7.11. The molecule has 0 aliphatic rings. The summed E-state index contributed by atoms with van der Waals surface area (Å²) in [5, 5.41) is 0. The fourth-order valence-corrected chi connectivity index (χ4v) is 1.94. The fourth-order valence-electron chi connectivity index (χ4n) is 0.694. The minimum atomic E-state index is 0.722. The molecule has 0 N–H and O–H groups in total. The molecular formula is C7H7ClOS. The molecule has 54 valence electrons. The summed E-state index contributed by atoms with van der Waals surface area (Å²) in [6.45, 7) is 3.82. The van der Waals surface area contributed by atoms with Gasteiger partial charge in [-0.15, -0.1) is 11.3 Å². The number of thiophene rings is 1. The normalized spacial score (nSPS) is 9.90. The van der Waals surface area contributed by atoms with Crippen LogP contribution in [0.1, 0.15) is 20.8 Å². The molecule has 0 radical (unpaired) electrons. The highest BCUT2D eigenvalue weighted by atomic mass is 35.5. The van der Waals surface area contributed by atoms with Gasteiger partial charge in [0.15, 0.2) is 6.29 Å². The Morgan fingerprint density at radius 2 is 2.00 bits per heavy atom. The van der Waals surface area contributed by atoms with Crippen molar-refractivity contribution in [2.24, 2.45) is 0 Å². The van der Waals surface area contributed by atoms with E-state index in [0.29, 0.717) is 0 Å². The molecule has 1 nitrogen and oxygen atoms in total. The Labute approximate surface area is 68.6 Å². The van der Waals surface area contributed by atoms with Gasteiger partial charge in [0.2, 0.25) is 0 Å². The second kappa shape index (κ2) is 2.72. The number of aldehydes is 1. The van der Waals surface area contributed by atoms with E-state index in [1.807, 2.05) is 13.8 Å². The van der Waals surface area contributed by atoms with Gasteiger partial charge in [-0.2, -0.15) is 0 Å². The third-order valence-corrected chi connectivity index (χ3v) is 3.16. The lowest BCUT2D eigenvalue weighted by molar-refractivity contribution is 0.112. The zero-order valence-corrected chi connectivity index (χ0v) is 7.34. The van der Waals surface area contributed by atoms with Crippen molar-refractivity contribution >= 4 is 29.2 Å². The van der Waals surface area contributed by atoms with Crippen LogP contribution in [0.3, 0.4) is 0 Å². The van der Waals surface area contributed by atoms with E-state index in [1.54, 1.807) is 0 Å². The molecule has 0 bridgehead atoms. The molecule has 0 aliphatic heterocycles. The molecule has 0 fully saturated rings. The van der Waals surface area contributed by atoms with Crippen LogP contribution < -0.4 is 0 Å². The van der Waals surface area contributed by atoms with Gasteiger partial charge >= 0.3 is 0 Å². The third-order valence-electron chi connectivity index (χ3n) is 1.53. The number of carbonyl (C=O) groups is 1. The Morgan fingerprint density at radius 1 is 1.40 bits per heavy atom. The lowest BCUT2D eigenvalue weighted by atomic mass is 10.2. The smallest absolute Gasteiger partial charge is 0.160 e. The molecule has 10 heavy (non-hydrogen) atoms. The van der Waals surface area contributed by atoms with Gasteiger partial charge in [0.1, 0.15) is 0 Å². The summed E-state index contributed by atoms with van der Waals surface area (Å²) < 4.78 is 0.722. The predicted molar refractivity (Wildman–Crippen MR) is 44.2 cm³/mol. The van der Waals surface area contributed by atoms with Gasteiger partial charge in [0.05, 0.1) is 9.21 Å². The maximum atomic E-state index is 10.3. The molecule has 0 aromatic carbocycles. The molecule has 0 saturated heterocycles. The van der Waals surface area contributed by atoms with Crippen molar-refractivity contribution in [1.29, 1.82) is 0 Å². The number of carbonyl (C=O) groups excluding carboxylic acids is 1. The van der Waals surface area contributed by atoms with E-state index in [-0.39, 0.29) is 0 Å². The van der Waals surface area contributed by atoms with Crippen LogP contribution in [0.25, 0.3) is 0 Å². The summed E-state index contributed by atoms with van der Waals surface area (Å²) in [4.78, 5) is 11.1. The van der Waals surface area contributed by atoms with Gasteiger partial charge in [0.25, 0.3) is 0 Å². The van der Waals surface area contributed by atoms with Gasteiger partial charge in [-0.05, 0) is 25.0 Å². The minimum absolute atomic E-state index is 0.722. The van der Waals surface area contributed by atoms with E-state index in [9.17, 15) is 4.79 Å². The number of hydrogen-bond acceptors (Lipinski definition) is 2. The fraction of sp³-hybridized carbons (Fsp3) is 0.286. The first-order valence-corrected chi connectivity index (χ1v) is 4.07. The first-order chi connectivity index (χ1) is 4.66. The standard InChI is InChI=1S/C7H7ClOS/c1-4-5(2)7(8)10-6(4)3-9/h3H,1-2H3. The molecule has 1 aromatic heterocycles. The topological polar surface area (TPSA) is 17.1 Å². The molecule has 1 rings (SSSR count). The monoisotopic (exact) mass is 174 g/mol. The van der Waals surface area contributed by atoms with Crippen LogP contribution >= 0.6 is 22.9 Å². The van der Waals surface area contributed by atoms with Crippen LogP contribution in [0, 0.1) is 13.8 Å². The molecular weight excluding hydrogens is 168 g/mol. The van der Waals surface area contributed by atoms with Crippen LogP contribution in [0.5, 0.6) is 0 Å². The van der Waals surface area contributed by atoms with Gasteiger partial charge in [-0.3, -0.25) is 4.79 Å². The van der Waals surface area contributed by atoms with Gasteiger partial charge in [-0.1, -0.05) is 11.6 Å². The van der Waals surface area contributed by atoms with Crippen LogP contribution in [0.4, 0.5) is 0 Å². The van der Waals surface area contributed by atoms with Crippen molar-refractivity contribution in [2.75, 3.05) is 0 Å². The van der Waals surface area contributed by atoms with E-state index in [4.69, 9.17) is 11.6 Å². The quantitative estimate of drug-likeness (QED) is 0.599. The minimum Gasteiger partial charge on any atom is -0.297 e. The average Bonchev–Trinajstić information content (AvgIpc) is 2.17. The summed E-state index contributed by atoms with van der Waals surface area (Å²) in [6.07, 6.45) is 0.846. The van der Waals surface area contributed by atoms with Crippen molar-refractivity contribution in [3.8, 4) is 0 Å². The van der Waals surface area contributed by atoms with Crippen LogP contribution in [0.2, 0.25) is 4.34 Å². The van der Waals surface area contributed by atoms with Crippen molar-refractivity contribution in [3.63, 3.8) is 0 Å². The van der Waals surface area contributed by atoms with E-state index in [1.165, 1.54) is 11.3 Å². The van der Waals surface area contributed by atoms with E-state index in [2.05, 4.69) is 0 Å². The number of hydrogen-bond donors (Lipinski definition) is 0. The van der Waals surface area contributed by atoms with Crippen LogP contribution in [-0.4, -0.2) is 6.29 Å². The van der Waals surface area contributed by atoms with Crippen molar-refractivity contribution in [3.05, 3.63) is 20.3 Å². The zero-order valence-electron chi connectivity index (χ0n) is 5.77. The second-order valence-corrected chi connectivity index (χ2v) is 3.76. The van der Waals surface area contributed by atoms with Gasteiger partial charge < -0.3 is 0 Å². The molecule has 0 amide bonds. The highest BCUT2D eigenvalue weighted by Crippen LogP contribution is 2.29. The SMILES string of the molecule is Cc1c(Cl)sc(C=O)c1C. The molecule has 1 aromatic rings. The Bertz CT molecular complexity index is 265. The Morgan fingerprint density at radius 3 is 2.20 bits per heavy atom. The molecule has 0 unspecified atom stereocenters. The highest BCUT2D eigenvalue weighted by Gasteiger charge is 2.07. The first-order valence-electron chi connectivity index (χ1n) is 2.87. The summed E-state index contributed by atoms with van der Waals surface area (Å²) in [5.41, 5.74) is 2.03. The van der Waals surface area contributed by atoms with Crippen molar-refractivity contribution < 1.29 is 4.79 Å². The lowest BCUT2D eigenvalue weighted by Gasteiger charge is -1.87. The third kappa shape index (κ3) is 1.09. The largest absolute Gasteiger partial charge is 0.297 e. The molecule has 0 saturated carbocycles. The molecule has 1 heterocycles. The Kier molecular flexibility index (Phi) is 2.11. The summed E-state index contributed by atoms with van der Waals surface area (Å²) in [5.74, 6) is 0. The molecule has 0 spiro atoms.